The number of carbonyl (C=O) groups excluding carboxylic acids is 1. The van der Waals surface area contributed by atoms with E-state index in [1.54, 1.807) is 0 Å². The van der Waals surface area contributed by atoms with Crippen LogP contribution in [0.5, 0.6) is 0 Å². The summed E-state index contributed by atoms with van der Waals surface area (Å²) in [6, 6.07) is 4.14. The number of nitro groups is 1. The van der Waals surface area contributed by atoms with Gasteiger partial charge in [-0.15, -0.1) is 0 Å². The molecule has 0 spiro atoms. The van der Waals surface area contributed by atoms with Gasteiger partial charge in [-0.25, -0.2) is 0 Å². The monoisotopic (exact) mass is 298 g/mol. The predicted molar refractivity (Wildman–Crippen MR) is 73.8 cm³/mol. The molecule has 108 valence electrons. The normalized spacial score (nSPS) is 15.7. The van der Waals surface area contributed by atoms with E-state index in [1.807, 2.05) is 0 Å². The zero-order valence-electron chi connectivity index (χ0n) is 10.8. The van der Waals surface area contributed by atoms with E-state index < -0.39 is 10.8 Å². The summed E-state index contributed by atoms with van der Waals surface area (Å²) in [5.74, 6) is -0.428. The number of hydrogen-bond donors (Lipinski definition) is 2. The number of benzene rings is 1. The molecule has 1 aromatic rings. The fraction of sp³-hybridized carbons (Fsp3) is 0.462. The first kappa shape index (κ1) is 14.7. The van der Waals surface area contributed by atoms with Gasteiger partial charge in [0.05, 0.1) is 10.5 Å². The molecule has 2 rings (SSSR count). The Morgan fingerprint density at radius 1 is 1.50 bits per heavy atom. The number of rotatable bonds is 6. The highest BCUT2D eigenvalue weighted by molar-refractivity contribution is 6.35. The average Bonchev–Trinajstić information content (AvgIpc) is 3.17. The van der Waals surface area contributed by atoms with Crippen LogP contribution in [0.4, 0.5) is 5.69 Å². The maximum atomic E-state index is 12.0. The van der Waals surface area contributed by atoms with Crippen molar-refractivity contribution in [1.29, 1.82) is 0 Å². The molecule has 0 saturated heterocycles. The largest absolute Gasteiger partial charge is 0.396 e. The lowest BCUT2D eigenvalue weighted by molar-refractivity contribution is -0.384. The van der Waals surface area contributed by atoms with Crippen molar-refractivity contribution >= 4 is 23.2 Å². The third-order valence-corrected chi connectivity index (χ3v) is 4.04. The minimum atomic E-state index is -0.618. The van der Waals surface area contributed by atoms with E-state index in [0.717, 1.165) is 12.8 Å². The van der Waals surface area contributed by atoms with Crippen molar-refractivity contribution in [3.05, 3.63) is 38.9 Å². The zero-order valence-corrected chi connectivity index (χ0v) is 11.5. The summed E-state index contributed by atoms with van der Waals surface area (Å²) in [5.41, 5.74) is -0.200. The number of amides is 1. The Labute approximate surface area is 120 Å². The molecule has 0 aromatic heterocycles. The molecule has 1 fully saturated rings. The Balaban J connectivity index is 2.06. The standard InChI is InChI=1S/C13H15ClN2O4/c14-11-9(2-1-3-10(11)16(19)20)12(18)15-8-13(4-5-13)6-7-17/h1-3,17H,4-8H2,(H,15,18). The Morgan fingerprint density at radius 2 is 2.20 bits per heavy atom. The van der Waals surface area contributed by atoms with Crippen molar-refractivity contribution < 1.29 is 14.8 Å². The molecule has 6 nitrogen and oxygen atoms in total. The fourth-order valence-corrected chi connectivity index (χ4v) is 2.41. The van der Waals surface area contributed by atoms with Crippen molar-refractivity contribution in [2.75, 3.05) is 13.2 Å². The minimum Gasteiger partial charge on any atom is -0.396 e. The van der Waals surface area contributed by atoms with E-state index in [1.165, 1.54) is 18.2 Å². The molecule has 1 aliphatic carbocycles. The lowest BCUT2D eigenvalue weighted by Crippen LogP contribution is -2.31. The number of carbonyl (C=O) groups is 1. The quantitative estimate of drug-likeness (QED) is 0.621. The molecular weight excluding hydrogens is 284 g/mol. The number of hydrogen-bond acceptors (Lipinski definition) is 4. The molecule has 0 radical (unpaired) electrons. The van der Waals surface area contributed by atoms with E-state index in [2.05, 4.69) is 5.32 Å². The van der Waals surface area contributed by atoms with Gasteiger partial charge in [-0.2, -0.15) is 0 Å². The number of halogens is 1. The lowest BCUT2D eigenvalue weighted by Gasteiger charge is -2.14. The van der Waals surface area contributed by atoms with Crippen LogP contribution in [-0.4, -0.2) is 29.1 Å². The van der Waals surface area contributed by atoms with Gasteiger partial charge in [0.15, 0.2) is 0 Å². The molecular formula is C13H15ClN2O4. The summed E-state index contributed by atoms with van der Waals surface area (Å²) in [6.07, 6.45) is 2.59. The van der Waals surface area contributed by atoms with Crippen molar-refractivity contribution in [2.24, 2.45) is 5.41 Å². The summed E-state index contributed by atoms with van der Waals surface area (Å²) in [6.45, 7) is 0.541. The number of aliphatic hydroxyl groups is 1. The van der Waals surface area contributed by atoms with Crippen molar-refractivity contribution in [2.45, 2.75) is 19.3 Å². The summed E-state index contributed by atoms with van der Waals surface area (Å²) in [4.78, 5) is 22.2. The first-order valence-corrected chi connectivity index (χ1v) is 6.69. The van der Waals surface area contributed by atoms with E-state index in [9.17, 15) is 14.9 Å². The van der Waals surface area contributed by atoms with E-state index in [-0.39, 0.29) is 28.3 Å². The van der Waals surface area contributed by atoms with Gasteiger partial charge in [-0.1, -0.05) is 17.7 Å². The van der Waals surface area contributed by atoms with Gasteiger partial charge >= 0.3 is 0 Å². The van der Waals surface area contributed by atoms with Gasteiger partial charge in [0.2, 0.25) is 0 Å². The molecule has 1 aliphatic rings. The summed E-state index contributed by atoms with van der Waals surface area (Å²) >= 11 is 5.88. The van der Waals surface area contributed by atoms with Gasteiger partial charge in [0, 0.05) is 19.2 Å². The minimum absolute atomic E-state index is 0.0163. The summed E-state index contributed by atoms with van der Waals surface area (Å²) in [5, 5.41) is 22.3. The van der Waals surface area contributed by atoms with Crippen LogP contribution in [-0.2, 0) is 0 Å². The molecule has 1 amide bonds. The van der Waals surface area contributed by atoms with Crippen LogP contribution in [0.3, 0.4) is 0 Å². The van der Waals surface area contributed by atoms with E-state index in [4.69, 9.17) is 16.7 Å². The maximum Gasteiger partial charge on any atom is 0.288 e. The highest BCUT2D eigenvalue weighted by Gasteiger charge is 2.42. The Kier molecular flexibility index (Phi) is 4.25. The first-order chi connectivity index (χ1) is 9.49. The summed E-state index contributed by atoms with van der Waals surface area (Å²) in [7, 11) is 0. The van der Waals surface area contributed by atoms with Crippen LogP contribution < -0.4 is 5.32 Å². The lowest BCUT2D eigenvalue weighted by atomic mass is 10.0. The number of nitro benzene ring substituents is 1. The van der Waals surface area contributed by atoms with Crippen LogP contribution >= 0.6 is 11.6 Å². The van der Waals surface area contributed by atoms with Gasteiger partial charge in [-0.3, -0.25) is 14.9 Å². The Hall–Kier alpha value is -1.66. The molecule has 0 unspecified atom stereocenters. The van der Waals surface area contributed by atoms with Gasteiger partial charge in [0.1, 0.15) is 5.02 Å². The second-order valence-electron chi connectivity index (χ2n) is 5.05. The Bertz CT molecular complexity index is 543. The smallest absolute Gasteiger partial charge is 0.288 e. The molecule has 2 N–H and O–H groups in total. The zero-order chi connectivity index (χ0) is 14.8. The molecule has 20 heavy (non-hydrogen) atoms. The maximum absolute atomic E-state index is 12.0. The molecule has 1 saturated carbocycles. The third kappa shape index (κ3) is 3.08. The topological polar surface area (TPSA) is 92.5 Å². The van der Waals surface area contributed by atoms with Crippen LogP contribution in [0.25, 0.3) is 0 Å². The van der Waals surface area contributed by atoms with Crippen LogP contribution in [0.1, 0.15) is 29.6 Å². The van der Waals surface area contributed by atoms with Crippen molar-refractivity contribution in [3.8, 4) is 0 Å². The average molecular weight is 299 g/mol. The van der Waals surface area contributed by atoms with Crippen LogP contribution in [0.15, 0.2) is 18.2 Å². The Morgan fingerprint density at radius 3 is 2.75 bits per heavy atom. The molecule has 0 heterocycles. The van der Waals surface area contributed by atoms with E-state index in [0.29, 0.717) is 13.0 Å². The van der Waals surface area contributed by atoms with Gasteiger partial charge in [0.25, 0.3) is 11.6 Å². The highest BCUT2D eigenvalue weighted by Crippen LogP contribution is 2.47. The molecule has 1 aromatic carbocycles. The number of aliphatic hydroxyl groups excluding tert-OH is 1. The molecule has 0 aliphatic heterocycles. The number of nitrogens with one attached hydrogen (secondary N) is 1. The fourth-order valence-electron chi connectivity index (χ4n) is 2.13. The first-order valence-electron chi connectivity index (χ1n) is 6.31. The SMILES string of the molecule is O=C(NCC1(CCO)CC1)c1cccc([N+](=O)[O-])c1Cl. The van der Waals surface area contributed by atoms with Gasteiger partial charge in [-0.05, 0) is 30.7 Å². The van der Waals surface area contributed by atoms with Crippen molar-refractivity contribution in [3.63, 3.8) is 0 Å². The number of nitrogens with zero attached hydrogens (tertiary/aromatic N) is 1. The van der Waals surface area contributed by atoms with E-state index >= 15 is 0 Å². The second-order valence-corrected chi connectivity index (χ2v) is 5.43. The molecule has 0 atom stereocenters. The van der Waals surface area contributed by atoms with Gasteiger partial charge < -0.3 is 10.4 Å². The van der Waals surface area contributed by atoms with Crippen LogP contribution in [0.2, 0.25) is 5.02 Å². The molecule has 0 bridgehead atoms. The van der Waals surface area contributed by atoms with Crippen molar-refractivity contribution in [1.82, 2.24) is 5.32 Å². The van der Waals surface area contributed by atoms with Crippen LogP contribution in [0, 0.1) is 15.5 Å². The molecule has 7 heteroatoms. The summed E-state index contributed by atoms with van der Waals surface area (Å²) < 4.78 is 0. The highest BCUT2D eigenvalue weighted by atomic mass is 35.5. The predicted octanol–water partition coefficient (Wildman–Crippen LogP) is 2.14. The second kappa shape index (κ2) is 5.76. The third-order valence-electron chi connectivity index (χ3n) is 3.64.